The summed E-state index contributed by atoms with van der Waals surface area (Å²) in [4.78, 5) is 11.6. The van der Waals surface area contributed by atoms with E-state index in [4.69, 9.17) is 11.1 Å². The average molecular weight is 270 g/mol. The highest BCUT2D eigenvalue weighted by atomic mass is 16.2. The van der Waals surface area contributed by atoms with Gasteiger partial charge in [-0.2, -0.15) is 5.10 Å². The summed E-state index contributed by atoms with van der Waals surface area (Å²) in [5.74, 6) is 0.713. The third-order valence-electron chi connectivity index (χ3n) is 2.42. The molecule has 1 rings (SSSR count). The lowest BCUT2D eigenvalue weighted by atomic mass is 10.1. The zero-order chi connectivity index (χ0) is 13.4. The molecule has 0 aliphatic rings. The van der Waals surface area contributed by atoms with Crippen LogP contribution in [0.1, 0.15) is 26.2 Å². The van der Waals surface area contributed by atoms with Crippen molar-refractivity contribution in [3.05, 3.63) is 12.3 Å². The number of nitrogens with zero attached hydrogens (tertiary/aromatic N) is 1. The normalized spacial score (nSPS) is 11.3. The summed E-state index contributed by atoms with van der Waals surface area (Å²) in [6, 6.07) is 1.14. The van der Waals surface area contributed by atoms with E-state index in [-0.39, 0.29) is 11.4 Å². The number of amides is 1. The number of carbonyl (C=O) groups excluding carboxylic acids is 1. The van der Waals surface area contributed by atoms with Gasteiger partial charge in [0, 0.05) is 18.8 Å². The van der Waals surface area contributed by atoms with Gasteiger partial charge in [0.05, 0.1) is 11.9 Å². The topological polar surface area (TPSA) is 151 Å². The van der Waals surface area contributed by atoms with Crippen LogP contribution in [0.4, 0.5) is 5.82 Å². The van der Waals surface area contributed by atoms with Crippen molar-refractivity contribution in [2.75, 3.05) is 11.9 Å². The molecule has 0 saturated heterocycles. The van der Waals surface area contributed by atoms with Crippen LogP contribution >= 0.6 is 0 Å². The Morgan fingerprint density at radius 2 is 2.32 bits per heavy atom. The van der Waals surface area contributed by atoms with Gasteiger partial charge in [-0.1, -0.05) is 0 Å². The smallest absolute Gasteiger partial charge is 0.242 e. The van der Waals surface area contributed by atoms with Gasteiger partial charge in [0.1, 0.15) is 0 Å². The fourth-order valence-corrected chi connectivity index (χ4v) is 1.45. The second-order valence-electron chi connectivity index (χ2n) is 4.10. The first-order valence-corrected chi connectivity index (χ1v) is 5.95. The number of rotatable bonds is 7. The molecule has 0 fully saturated rings. The molecule has 1 heterocycles. The Kier molecular flexibility index (Phi) is 8.14. The second-order valence-corrected chi connectivity index (χ2v) is 4.10. The number of nitrogens with one attached hydrogen (secondary N) is 4. The van der Waals surface area contributed by atoms with E-state index < -0.39 is 6.04 Å². The first-order chi connectivity index (χ1) is 8.59. The molecule has 0 radical (unpaired) electrons. The molecule has 0 spiro atoms. The average Bonchev–Trinajstić information content (AvgIpc) is 2.80. The third kappa shape index (κ3) is 7.17. The first kappa shape index (κ1) is 17.1. The van der Waals surface area contributed by atoms with Crippen molar-refractivity contribution >= 4 is 17.6 Å². The van der Waals surface area contributed by atoms with Crippen molar-refractivity contribution in [2.45, 2.75) is 32.2 Å². The minimum absolute atomic E-state index is 0. The standard InChI is InChI=1S/C11H20N6O.H2O/c1-8(12)14-6-3-2-4-9(13)11(18)16-10-5-7-15-17-10;/h5,7,9H,2-4,6,13H2,1H3,(H2,12,14)(H2,15,16,17,18);1H2/t9-;/m0./s1. The van der Waals surface area contributed by atoms with E-state index in [1.54, 1.807) is 19.2 Å². The van der Waals surface area contributed by atoms with Crippen molar-refractivity contribution < 1.29 is 10.3 Å². The molecule has 0 aliphatic heterocycles. The van der Waals surface area contributed by atoms with Gasteiger partial charge in [0.2, 0.25) is 5.91 Å². The van der Waals surface area contributed by atoms with Crippen molar-refractivity contribution in [1.29, 1.82) is 5.41 Å². The second kappa shape index (κ2) is 9.06. The molecular formula is C11H22N6O2. The Hall–Kier alpha value is -1.93. The maximum Gasteiger partial charge on any atom is 0.242 e. The van der Waals surface area contributed by atoms with Gasteiger partial charge in [-0.3, -0.25) is 15.3 Å². The number of hydrogen-bond donors (Lipinski definition) is 5. The molecule has 108 valence electrons. The van der Waals surface area contributed by atoms with E-state index in [1.165, 1.54) is 0 Å². The summed E-state index contributed by atoms with van der Waals surface area (Å²) in [5, 5.41) is 19.2. The zero-order valence-corrected chi connectivity index (χ0v) is 11.0. The lowest BCUT2D eigenvalue weighted by Crippen LogP contribution is -2.35. The van der Waals surface area contributed by atoms with Gasteiger partial charge in [-0.15, -0.1) is 0 Å². The van der Waals surface area contributed by atoms with Crippen molar-refractivity contribution in [3.63, 3.8) is 0 Å². The van der Waals surface area contributed by atoms with Crippen LogP contribution in [0.5, 0.6) is 0 Å². The predicted molar refractivity (Wildman–Crippen MR) is 74.1 cm³/mol. The van der Waals surface area contributed by atoms with Crippen LogP contribution in [0, 0.1) is 5.41 Å². The number of amidine groups is 1. The van der Waals surface area contributed by atoms with Gasteiger partial charge in [-0.25, -0.2) is 0 Å². The molecule has 1 amide bonds. The maximum atomic E-state index is 11.6. The summed E-state index contributed by atoms with van der Waals surface area (Å²) >= 11 is 0. The molecule has 1 aromatic heterocycles. The number of aromatic amines is 1. The maximum absolute atomic E-state index is 11.6. The molecule has 0 aliphatic carbocycles. The fourth-order valence-electron chi connectivity index (χ4n) is 1.45. The molecule has 0 bridgehead atoms. The van der Waals surface area contributed by atoms with Gasteiger partial charge >= 0.3 is 0 Å². The van der Waals surface area contributed by atoms with Crippen molar-refractivity contribution in [3.8, 4) is 0 Å². The lowest BCUT2D eigenvalue weighted by molar-refractivity contribution is -0.117. The molecular weight excluding hydrogens is 248 g/mol. The van der Waals surface area contributed by atoms with Crippen LogP contribution in [-0.4, -0.2) is 40.0 Å². The van der Waals surface area contributed by atoms with Crippen LogP contribution in [0.15, 0.2) is 12.3 Å². The Bertz CT molecular complexity index is 379. The number of hydrogen-bond acceptors (Lipinski definition) is 4. The SMILES string of the molecule is CC(=N)NCCCC[C@H](N)C(=O)Nc1cc[nH]n1.O. The van der Waals surface area contributed by atoms with Gasteiger partial charge in [0.15, 0.2) is 5.82 Å². The van der Waals surface area contributed by atoms with Gasteiger partial charge in [-0.05, 0) is 26.2 Å². The predicted octanol–water partition coefficient (Wildman–Crippen LogP) is -0.392. The number of H-pyrrole nitrogens is 1. The molecule has 1 atom stereocenters. The van der Waals surface area contributed by atoms with E-state index in [0.29, 0.717) is 18.1 Å². The van der Waals surface area contributed by atoms with Gasteiger partial charge in [0.25, 0.3) is 0 Å². The Balaban J connectivity index is 0.00000324. The molecule has 1 aromatic rings. The van der Waals surface area contributed by atoms with Crippen LogP contribution in [0.2, 0.25) is 0 Å². The monoisotopic (exact) mass is 270 g/mol. The van der Waals surface area contributed by atoms with E-state index in [9.17, 15) is 4.79 Å². The van der Waals surface area contributed by atoms with Crippen LogP contribution in [0.3, 0.4) is 0 Å². The fraction of sp³-hybridized carbons (Fsp3) is 0.545. The lowest BCUT2D eigenvalue weighted by Gasteiger charge is -2.10. The number of carbonyl (C=O) groups is 1. The Morgan fingerprint density at radius 1 is 1.58 bits per heavy atom. The largest absolute Gasteiger partial charge is 0.412 e. The number of aromatic nitrogens is 2. The summed E-state index contributed by atoms with van der Waals surface area (Å²) < 4.78 is 0. The zero-order valence-electron chi connectivity index (χ0n) is 11.0. The van der Waals surface area contributed by atoms with Gasteiger partial charge < -0.3 is 21.8 Å². The van der Waals surface area contributed by atoms with E-state index >= 15 is 0 Å². The summed E-state index contributed by atoms with van der Waals surface area (Å²) in [6.07, 6.45) is 3.98. The van der Waals surface area contributed by atoms with E-state index in [0.717, 1.165) is 19.4 Å². The molecule has 0 saturated carbocycles. The minimum Gasteiger partial charge on any atom is -0.412 e. The minimum atomic E-state index is -0.525. The van der Waals surface area contributed by atoms with E-state index in [2.05, 4.69) is 20.8 Å². The van der Waals surface area contributed by atoms with Crippen molar-refractivity contribution in [1.82, 2.24) is 15.5 Å². The molecule has 19 heavy (non-hydrogen) atoms. The molecule has 8 nitrogen and oxygen atoms in total. The highest BCUT2D eigenvalue weighted by Crippen LogP contribution is 2.03. The van der Waals surface area contributed by atoms with Crippen LogP contribution in [0.25, 0.3) is 0 Å². The van der Waals surface area contributed by atoms with Crippen LogP contribution in [-0.2, 0) is 4.79 Å². The summed E-state index contributed by atoms with van der Waals surface area (Å²) in [7, 11) is 0. The Labute approximate surface area is 112 Å². The number of nitrogens with two attached hydrogens (primary N) is 1. The third-order valence-corrected chi connectivity index (χ3v) is 2.42. The summed E-state index contributed by atoms with van der Waals surface area (Å²) in [5.41, 5.74) is 5.76. The first-order valence-electron chi connectivity index (χ1n) is 5.95. The molecule has 8 N–H and O–H groups in total. The number of anilines is 1. The van der Waals surface area contributed by atoms with Crippen molar-refractivity contribution in [2.24, 2.45) is 5.73 Å². The van der Waals surface area contributed by atoms with E-state index in [1.807, 2.05) is 0 Å². The highest BCUT2D eigenvalue weighted by molar-refractivity contribution is 5.93. The highest BCUT2D eigenvalue weighted by Gasteiger charge is 2.13. The molecule has 0 aromatic carbocycles. The quantitative estimate of drug-likeness (QED) is 0.260. The Morgan fingerprint density at radius 3 is 2.89 bits per heavy atom. The molecule has 8 heteroatoms. The molecule has 0 unspecified atom stereocenters. The number of unbranched alkanes of at least 4 members (excludes halogenated alkanes) is 1. The van der Waals surface area contributed by atoms with Crippen LogP contribution < -0.4 is 16.4 Å². The summed E-state index contributed by atoms with van der Waals surface area (Å²) in [6.45, 7) is 2.44.